The van der Waals surface area contributed by atoms with E-state index in [-0.39, 0.29) is 0 Å². The molecule has 1 aromatic heterocycles. The van der Waals surface area contributed by atoms with Gasteiger partial charge >= 0.3 is 0 Å². The topological polar surface area (TPSA) is 29.9 Å². The van der Waals surface area contributed by atoms with Crippen molar-refractivity contribution in [3.05, 3.63) is 46.0 Å². The highest BCUT2D eigenvalue weighted by atomic mass is 79.9. The molecule has 0 saturated heterocycles. The smallest absolute Gasteiger partial charge is 0.0948 e. The molecule has 1 aromatic carbocycles. The Morgan fingerprint density at radius 3 is 2.58 bits per heavy atom. The van der Waals surface area contributed by atoms with Crippen LogP contribution in [0.15, 0.2) is 29.1 Å². The summed E-state index contributed by atoms with van der Waals surface area (Å²) in [6, 6.07) is 4.28. The number of anilines is 1. The van der Waals surface area contributed by atoms with E-state index < -0.39 is 0 Å². The predicted octanol–water partition coefficient (Wildman–Crippen LogP) is 4.28. The van der Waals surface area contributed by atoms with Crippen LogP contribution in [0.3, 0.4) is 0 Å². The molecule has 3 nitrogen and oxygen atoms in total. The Morgan fingerprint density at radius 2 is 1.95 bits per heavy atom. The number of rotatable bonds is 5. The van der Waals surface area contributed by atoms with Crippen molar-refractivity contribution in [2.75, 3.05) is 5.32 Å². The fourth-order valence-electron chi connectivity index (χ4n) is 2.31. The summed E-state index contributed by atoms with van der Waals surface area (Å²) >= 11 is 3.53. The second-order valence-electron chi connectivity index (χ2n) is 4.85. The second-order valence-corrected chi connectivity index (χ2v) is 5.76. The number of hydrogen-bond donors (Lipinski definition) is 1. The van der Waals surface area contributed by atoms with Crippen LogP contribution in [0.2, 0.25) is 0 Å². The van der Waals surface area contributed by atoms with Gasteiger partial charge in [0, 0.05) is 22.9 Å². The van der Waals surface area contributed by atoms with E-state index in [1.165, 1.54) is 22.5 Å². The molecule has 0 aliphatic heterocycles. The van der Waals surface area contributed by atoms with Gasteiger partial charge in [-0.25, -0.2) is 4.98 Å². The predicted molar refractivity (Wildman–Crippen MR) is 83.5 cm³/mol. The number of halogens is 1. The molecule has 1 heterocycles. The molecule has 4 heteroatoms. The van der Waals surface area contributed by atoms with Crippen molar-refractivity contribution in [2.45, 2.75) is 40.3 Å². The first-order valence-corrected chi connectivity index (χ1v) is 7.40. The van der Waals surface area contributed by atoms with Gasteiger partial charge in [0.1, 0.15) is 0 Å². The first kappa shape index (κ1) is 14.1. The van der Waals surface area contributed by atoms with Crippen molar-refractivity contribution in [3.63, 3.8) is 0 Å². The zero-order valence-electron chi connectivity index (χ0n) is 11.7. The van der Waals surface area contributed by atoms with E-state index in [0.29, 0.717) is 0 Å². The van der Waals surface area contributed by atoms with Gasteiger partial charge in [-0.15, -0.1) is 0 Å². The minimum absolute atomic E-state index is 0.809. The molecule has 2 rings (SSSR count). The van der Waals surface area contributed by atoms with Crippen molar-refractivity contribution in [3.8, 4) is 0 Å². The molecule has 2 aromatic rings. The van der Waals surface area contributed by atoms with Crippen LogP contribution in [0.25, 0.3) is 0 Å². The molecule has 19 heavy (non-hydrogen) atoms. The Balaban J connectivity index is 2.12. The van der Waals surface area contributed by atoms with Gasteiger partial charge in [0.15, 0.2) is 0 Å². The maximum Gasteiger partial charge on any atom is 0.0948 e. The summed E-state index contributed by atoms with van der Waals surface area (Å²) in [6.07, 6.45) is 4.97. The van der Waals surface area contributed by atoms with Gasteiger partial charge in [-0.2, -0.15) is 0 Å². The summed E-state index contributed by atoms with van der Waals surface area (Å²) in [5.74, 6) is 0. The standard InChI is InChI=1S/C15H20BrN3/c1-4-5-19-10-17-8-14(19)9-18-15-11(2)6-13(16)7-12(15)3/h6-8,10,18H,4-5,9H2,1-3H3. The molecule has 0 aliphatic rings. The summed E-state index contributed by atoms with van der Waals surface area (Å²) in [6.45, 7) is 8.27. The summed E-state index contributed by atoms with van der Waals surface area (Å²) in [5, 5.41) is 3.53. The monoisotopic (exact) mass is 321 g/mol. The molecule has 0 aliphatic carbocycles. The van der Waals surface area contributed by atoms with Crippen LogP contribution >= 0.6 is 15.9 Å². The van der Waals surface area contributed by atoms with Gasteiger partial charge in [0.2, 0.25) is 0 Å². The normalized spacial score (nSPS) is 10.7. The molecule has 0 amide bonds. The molecule has 0 bridgehead atoms. The zero-order valence-corrected chi connectivity index (χ0v) is 13.3. The lowest BCUT2D eigenvalue weighted by Crippen LogP contribution is -2.08. The van der Waals surface area contributed by atoms with E-state index in [0.717, 1.165) is 24.0 Å². The lowest BCUT2D eigenvalue weighted by atomic mass is 10.1. The number of benzene rings is 1. The lowest BCUT2D eigenvalue weighted by molar-refractivity contribution is 0.651. The van der Waals surface area contributed by atoms with E-state index in [9.17, 15) is 0 Å². The fraction of sp³-hybridized carbons (Fsp3) is 0.400. The zero-order chi connectivity index (χ0) is 13.8. The van der Waals surface area contributed by atoms with Crippen molar-refractivity contribution >= 4 is 21.6 Å². The second kappa shape index (κ2) is 6.24. The lowest BCUT2D eigenvalue weighted by Gasteiger charge is -2.14. The van der Waals surface area contributed by atoms with Crippen molar-refractivity contribution in [1.82, 2.24) is 9.55 Å². The van der Waals surface area contributed by atoms with Crippen LogP contribution in [0.5, 0.6) is 0 Å². The van der Waals surface area contributed by atoms with E-state index in [1.54, 1.807) is 0 Å². The van der Waals surface area contributed by atoms with Gasteiger partial charge in [-0.3, -0.25) is 0 Å². The van der Waals surface area contributed by atoms with Crippen LogP contribution in [-0.2, 0) is 13.1 Å². The Hall–Kier alpha value is -1.29. The number of imidazole rings is 1. The molecule has 0 saturated carbocycles. The number of nitrogens with zero attached hydrogens (tertiary/aromatic N) is 2. The van der Waals surface area contributed by atoms with Gasteiger partial charge in [0.25, 0.3) is 0 Å². The first-order chi connectivity index (χ1) is 9.11. The highest BCUT2D eigenvalue weighted by Gasteiger charge is 2.06. The molecular weight excluding hydrogens is 302 g/mol. The van der Waals surface area contributed by atoms with E-state index >= 15 is 0 Å². The molecule has 0 unspecified atom stereocenters. The quantitative estimate of drug-likeness (QED) is 0.890. The largest absolute Gasteiger partial charge is 0.379 e. The van der Waals surface area contributed by atoms with Gasteiger partial charge in [-0.05, 0) is 43.5 Å². The van der Waals surface area contributed by atoms with Crippen LogP contribution in [-0.4, -0.2) is 9.55 Å². The molecule has 0 spiro atoms. The third kappa shape index (κ3) is 3.38. The highest BCUT2D eigenvalue weighted by Crippen LogP contribution is 2.25. The van der Waals surface area contributed by atoms with Crippen molar-refractivity contribution in [1.29, 1.82) is 0 Å². The molecule has 1 N–H and O–H groups in total. The van der Waals surface area contributed by atoms with E-state index in [2.05, 4.69) is 63.7 Å². The SMILES string of the molecule is CCCn1cncc1CNc1c(C)cc(Br)cc1C. The van der Waals surface area contributed by atoms with Crippen LogP contribution in [0.1, 0.15) is 30.2 Å². The molecule has 102 valence electrons. The number of hydrogen-bond acceptors (Lipinski definition) is 2. The van der Waals surface area contributed by atoms with E-state index in [4.69, 9.17) is 0 Å². The Bertz CT molecular complexity index is 537. The van der Waals surface area contributed by atoms with Gasteiger partial charge < -0.3 is 9.88 Å². The van der Waals surface area contributed by atoms with Crippen LogP contribution in [0, 0.1) is 13.8 Å². The van der Waals surface area contributed by atoms with Gasteiger partial charge in [0.05, 0.1) is 18.6 Å². The third-order valence-corrected chi connectivity index (χ3v) is 3.66. The summed E-state index contributed by atoms with van der Waals surface area (Å²) in [5.41, 5.74) is 4.96. The average molecular weight is 322 g/mol. The van der Waals surface area contributed by atoms with E-state index in [1.807, 2.05) is 12.5 Å². The Morgan fingerprint density at radius 1 is 1.26 bits per heavy atom. The Kier molecular flexibility index (Phi) is 4.64. The minimum Gasteiger partial charge on any atom is -0.379 e. The maximum atomic E-state index is 4.23. The number of aromatic nitrogens is 2. The highest BCUT2D eigenvalue weighted by molar-refractivity contribution is 9.10. The van der Waals surface area contributed by atoms with Crippen LogP contribution < -0.4 is 5.32 Å². The number of aryl methyl sites for hydroxylation is 3. The Labute approximate surface area is 123 Å². The molecule has 0 atom stereocenters. The van der Waals surface area contributed by atoms with Crippen LogP contribution in [0.4, 0.5) is 5.69 Å². The molecule has 0 radical (unpaired) electrons. The van der Waals surface area contributed by atoms with Crippen molar-refractivity contribution < 1.29 is 0 Å². The maximum absolute atomic E-state index is 4.23. The summed E-state index contributed by atoms with van der Waals surface area (Å²) < 4.78 is 3.33. The first-order valence-electron chi connectivity index (χ1n) is 6.61. The summed E-state index contributed by atoms with van der Waals surface area (Å²) in [4.78, 5) is 4.23. The number of nitrogens with one attached hydrogen (secondary N) is 1. The summed E-state index contributed by atoms with van der Waals surface area (Å²) in [7, 11) is 0. The van der Waals surface area contributed by atoms with Gasteiger partial charge in [-0.1, -0.05) is 22.9 Å². The van der Waals surface area contributed by atoms with Crippen molar-refractivity contribution in [2.24, 2.45) is 0 Å². The molecule has 0 fully saturated rings. The molecular formula is C15H20BrN3. The fourth-order valence-corrected chi connectivity index (χ4v) is 2.99. The third-order valence-electron chi connectivity index (χ3n) is 3.21. The average Bonchev–Trinajstić information content (AvgIpc) is 2.76. The minimum atomic E-state index is 0.809.